The summed E-state index contributed by atoms with van der Waals surface area (Å²) in [7, 11) is 4.09. The highest BCUT2D eigenvalue weighted by Gasteiger charge is 2.38. The molecule has 1 aliphatic heterocycles. The molecule has 0 amide bonds. The zero-order valence-corrected chi connectivity index (χ0v) is 32.4. The van der Waals surface area contributed by atoms with E-state index in [4.69, 9.17) is 4.99 Å². The van der Waals surface area contributed by atoms with Crippen LogP contribution in [0.3, 0.4) is 0 Å². The summed E-state index contributed by atoms with van der Waals surface area (Å²) in [5.41, 5.74) is 11.0. The van der Waals surface area contributed by atoms with Crippen molar-refractivity contribution in [2.45, 2.75) is 72.2 Å². The molecule has 0 unspecified atom stereocenters. The van der Waals surface area contributed by atoms with E-state index in [9.17, 15) is 0 Å². The minimum atomic E-state index is -0.219. The van der Waals surface area contributed by atoms with Crippen LogP contribution < -0.4 is 4.90 Å². The Morgan fingerprint density at radius 2 is 1.68 bits per heavy atom. The normalized spacial score (nSPS) is 18.0. The molecule has 50 heavy (non-hydrogen) atoms. The largest absolute Gasteiger partial charge is 0.347 e. The molecule has 0 N–H and O–H groups in total. The van der Waals surface area contributed by atoms with E-state index in [2.05, 4.69) is 160 Å². The number of thioether (sulfide) groups is 2. The molecule has 1 aliphatic carbocycles. The first-order valence-electron chi connectivity index (χ1n) is 17.2. The van der Waals surface area contributed by atoms with Crippen LogP contribution in [0, 0.1) is 0 Å². The molecule has 0 saturated heterocycles. The second-order valence-corrected chi connectivity index (χ2v) is 17.2. The Kier molecular flexibility index (Phi) is 11.2. The number of rotatable bonds is 11. The van der Waals surface area contributed by atoms with E-state index in [1.165, 1.54) is 44.1 Å². The van der Waals surface area contributed by atoms with E-state index in [-0.39, 0.29) is 10.8 Å². The lowest BCUT2D eigenvalue weighted by Crippen LogP contribution is -2.27. The number of allylic oxidation sites excluding steroid dienone is 7. The lowest BCUT2D eigenvalue weighted by molar-refractivity contribution is 0.640. The highest BCUT2D eigenvalue weighted by atomic mass is 32.2. The van der Waals surface area contributed by atoms with Gasteiger partial charge in [0, 0.05) is 52.7 Å². The molecule has 3 aromatic carbocycles. The number of fused-ring (bicyclic) bond motifs is 1. The minimum Gasteiger partial charge on any atom is -0.347 e. The second-order valence-electron chi connectivity index (χ2n) is 13.8. The summed E-state index contributed by atoms with van der Waals surface area (Å²) in [5, 5.41) is 9.27. The number of anilines is 1. The lowest BCUT2D eigenvalue weighted by Gasteiger charge is -2.26. The topological polar surface area (TPSA) is 41.4 Å². The van der Waals surface area contributed by atoms with Gasteiger partial charge in [0.15, 0.2) is 8.68 Å². The van der Waals surface area contributed by atoms with Gasteiger partial charge in [0.25, 0.3) is 0 Å². The Morgan fingerprint density at radius 3 is 2.40 bits per heavy atom. The van der Waals surface area contributed by atoms with Gasteiger partial charge in [-0.2, -0.15) is 0 Å². The van der Waals surface area contributed by atoms with E-state index >= 15 is 0 Å². The Morgan fingerprint density at radius 1 is 0.960 bits per heavy atom. The van der Waals surface area contributed by atoms with Crippen molar-refractivity contribution in [1.82, 2.24) is 10.2 Å². The molecular weight excluding hydrogens is 669 g/mol. The van der Waals surface area contributed by atoms with Crippen molar-refractivity contribution >= 4 is 52.3 Å². The van der Waals surface area contributed by atoms with Crippen molar-refractivity contribution in [3.63, 3.8) is 0 Å². The fourth-order valence-corrected chi connectivity index (χ4v) is 10.1. The van der Waals surface area contributed by atoms with Gasteiger partial charge in [0.1, 0.15) is 0 Å². The smallest absolute Gasteiger partial charge is 0.179 e. The number of benzene rings is 3. The summed E-state index contributed by atoms with van der Waals surface area (Å²) in [6.07, 6.45) is 14.2. The van der Waals surface area contributed by atoms with E-state index < -0.39 is 0 Å². The Bertz CT molecular complexity index is 1990. The predicted molar refractivity (Wildman–Crippen MR) is 219 cm³/mol. The lowest BCUT2D eigenvalue weighted by atomic mass is 9.79. The van der Waals surface area contributed by atoms with Crippen molar-refractivity contribution in [3.8, 4) is 0 Å². The van der Waals surface area contributed by atoms with E-state index in [1.54, 1.807) is 34.9 Å². The number of aliphatic imine (C=N–C) groups is 1. The van der Waals surface area contributed by atoms with Gasteiger partial charge in [-0.25, -0.2) is 0 Å². The Balaban J connectivity index is 1.32. The Hall–Kier alpha value is -3.91. The summed E-state index contributed by atoms with van der Waals surface area (Å²) in [4.78, 5) is 8.41. The molecule has 0 spiro atoms. The van der Waals surface area contributed by atoms with Crippen LogP contribution in [-0.4, -0.2) is 30.0 Å². The quantitative estimate of drug-likeness (QED) is 0.114. The molecule has 0 atom stereocenters. The van der Waals surface area contributed by atoms with Crippen molar-refractivity contribution in [2.75, 3.05) is 19.0 Å². The molecule has 6 rings (SSSR count). The molecule has 2 heterocycles. The van der Waals surface area contributed by atoms with Crippen LogP contribution in [0.2, 0.25) is 0 Å². The molecule has 0 bridgehead atoms. The number of hydrogen-bond acceptors (Lipinski definition) is 7. The van der Waals surface area contributed by atoms with E-state index in [0.717, 1.165) is 45.0 Å². The van der Waals surface area contributed by atoms with Gasteiger partial charge >= 0.3 is 0 Å². The van der Waals surface area contributed by atoms with Crippen LogP contribution in [-0.2, 0) is 16.6 Å². The van der Waals surface area contributed by atoms with Crippen molar-refractivity contribution in [3.05, 3.63) is 154 Å². The van der Waals surface area contributed by atoms with Crippen molar-refractivity contribution < 1.29 is 0 Å². The molecule has 0 saturated carbocycles. The summed E-state index contributed by atoms with van der Waals surface area (Å²) >= 11 is 5.18. The molecule has 2 aliphatic rings. The van der Waals surface area contributed by atoms with Crippen LogP contribution in [0.4, 0.5) is 5.69 Å². The minimum absolute atomic E-state index is 0.0797. The maximum atomic E-state index is 4.78. The zero-order valence-electron chi connectivity index (χ0n) is 29.9. The zero-order chi connectivity index (χ0) is 35.3. The highest BCUT2D eigenvalue weighted by Crippen LogP contribution is 2.48. The number of hydrogen-bond donors (Lipinski definition) is 0. The summed E-state index contributed by atoms with van der Waals surface area (Å²) in [6, 6.07) is 27.9. The number of para-hydroxylation sites is 1. The van der Waals surface area contributed by atoms with Crippen molar-refractivity contribution in [2.24, 2.45) is 4.99 Å². The van der Waals surface area contributed by atoms with Gasteiger partial charge in [-0.15, -0.1) is 10.2 Å². The second kappa shape index (κ2) is 15.5. The van der Waals surface area contributed by atoms with Gasteiger partial charge in [-0.05, 0) is 70.9 Å². The maximum Gasteiger partial charge on any atom is 0.179 e. The highest BCUT2D eigenvalue weighted by molar-refractivity contribution is 8.05. The third-order valence-electron chi connectivity index (χ3n) is 9.83. The molecular formula is C43H46N4S3. The summed E-state index contributed by atoms with van der Waals surface area (Å²) in [6.45, 7) is 13.0. The maximum absolute atomic E-state index is 4.78. The first kappa shape index (κ1) is 35.9. The van der Waals surface area contributed by atoms with Gasteiger partial charge in [-0.1, -0.05) is 160 Å². The van der Waals surface area contributed by atoms with Crippen LogP contribution in [0.25, 0.3) is 6.08 Å². The van der Waals surface area contributed by atoms with Gasteiger partial charge in [-0.3, -0.25) is 4.99 Å². The van der Waals surface area contributed by atoms with Crippen LogP contribution in [0.5, 0.6) is 0 Å². The Labute approximate surface area is 310 Å². The van der Waals surface area contributed by atoms with Gasteiger partial charge in [0.05, 0.1) is 0 Å². The molecule has 0 radical (unpaired) electrons. The average Bonchev–Trinajstić information content (AvgIpc) is 3.66. The SMILES string of the molecule is C=Cc1ccc(CSc2nnc(SC3=C(/C=C/C(=NC)C(C)(C)c4ccccc4)CCC/C3=C\C=C3\N(C)c4ccccc4C3(C)C)s2)cc1. The molecule has 0 fully saturated rings. The number of aromatic nitrogens is 2. The van der Waals surface area contributed by atoms with Crippen LogP contribution in [0.1, 0.15) is 69.2 Å². The van der Waals surface area contributed by atoms with E-state index in [0.29, 0.717) is 0 Å². The van der Waals surface area contributed by atoms with Crippen molar-refractivity contribution in [1.29, 1.82) is 0 Å². The fraction of sp³-hybridized carbons (Fsp3) is 0.279. The third kappa shape index (κ3) is 7.70. The monoisotopic (exact) mass is 714 g/mol. The van der Waals surface area contributed by atoms with Crippen LogP contribution in [0.15, 0.2) is 145 Å². The summed E-state index contributed by atoms with van der Waals surface area (Å²) < 4.78 is 1.95. The predicted octanol–water partition coefficient (Wildman–Crippen LogP) is 11.8. The fourth-order valence-electron chi connectivity index (χ4n) is 6.86. The first-order chi connectivity index (χ1) is 24.1. The average molecular weight is 715 g/mol. The molecule has 1 aromatic heterocycles. The summed E-state index contributed by atoms with van der Waals surface area (Å²) in [5.74, 6) is 0.855. The van der Waals surface area contributed by atoms with Crippen LogP contribution >= 0.6 is 34.9 Å². The number of likely N-dealkylation sites (N-methyl/N-ethyl adjacent to an activating group) is 1. The number of nitrogens with zero attached hydrogens (tertiary/aromatic N) is 4. The first-order valence-corrected chi connectivity index (χ1v) is 19.8. The molecule has 4 aromatic rings. The molecule has 256 valence electrons. The third-order valence-corrected chi connectivity index (χ3v) is 13.2. The van der Waals surface area contributed by atoms with E-state index in [1.807, 2.05) is 13.1 Å². The standard InChI is InChI=1S/C43H46N4S3/c1-8-30-21-23-31(24-22-30)29-48-40-45-46-41(50-40)49-39-32(25-27-37(44-6)42(2,3)34-17-10-9-11-18-34)15-14-16-33(39)26-28-38-43(4,5)35-19-12-13-20-36(35)47(38)7/h8-13,17-28H,1,14-16,29H2,2-7H3/b27-25+,33-26+,38-28+,44-37?. The van der Waals surface area contributed by atoms with Gasteiger partial charge in [0.2, 0.25) is 0 Å². The van der Waals surface area contributed by atoms with Gasteiger partial charge < -0.3 is 4.90 Å². The molecule has 4 nitrogen and oxygen atoms in total. The molecule has 7 heteroatoms.